The van der Waals surface area contributed by atoms with Crippen LogP contribution in [0.15, 0.2) is 24.3 Å². The summed E-state index contributed by atoms with van der Waals surface area (Å²) in [4.78, 5) is 15.0. The molecule has 0 radical (unpaired) electrons. The molecule has 1 saturated heterocycles. The number of nitrogens with one attached hydrogen (secondary N) is 1. The van der Waals surface area contributed by atoms with Crippen LogP contribution in [0.2, 0.25) is 0 Å². The van der Waals surface area contributed by atoms with E-state index < -0.39 is 5.54 Å². The fourth-order valence-corrected chi connectivity index (χ4v) is 4.08. The highest BCUT2D eigenvalue weighted by molar-refractivity contribution is 5.86. The lowest BCUT2D eigenvalue weighted by atomic mass is 9.97. The summed E-state index contributed by atoms with van der Waals surface area (Å²) in [6.07, 6.45) is 7.67. The average molecular weight is 329 g/mol. The van der Waals surface area contributed by atoms with Gasteiger partial charge in [-0.15, -0.1) is 0 Å². The van der Waals surface area contributed by atoms with Gasteiger partial charge in [-0.05, 0) is 50.3 Å². The van der Waals surface area contributed by atoms with Crippen LogP contribution in [-0.4, -0.2) is 28.9 Å². The third-order valence-electron chi connectivity index (χ3n) is 5.82. The number of piperidine rings is 1. The van der Waals surface area contributed by atoms with Crippen molar-refractivity contribution in [3.05, 3.63) is 35.4 Å². The van der Waals surface area contributed by atoms with E-state index in [9.17, 15) is 4.79 Å². The molecule has 2 fully saturated rings. The molecule has 1 aromatic carbocycles. The van der Waals surface area contributed by atoms with Crippen LogP contribution in [0.5, 0.6) is 0 Å². The van der Waals surface area contributed by atoms with E-state index in [0.717, 1.165) is 32.2 Å². The van der Waals surface area contributed by atoms with E-state index in [0.29, 0.717) is 12.6 Å². The van der Waals surface area contributed by atoms with Crippen LogP contribution in [0.1, 0.15) is 63.0 Å². The van der Waals surface area contributed by atoms with Gasteiger partial charge in [-0.2, -0.15) is 0 Å². The Balaban J connectivity index is 1.62. The van der Waals surface area contributed by atoms with Crippen molar-refractivity contribution in [3.8, 4) is 0 Å². The van der Waals surface area contributed by atoms with Crippen molar-refractivity contribution in [2.24, 2.45) is 5.73 Å². The fourth-order valence-electron chi connectivity index (χ4n) is 4.08. The van der Waals surface area contributed by atoms with Crippen LogP contribution >= 0.6 is 0 Å². The number of rotatable bonds is 5. The first-order valence-corrected chi connectivity index (χ1v) is 9.46. The molecule has 3 N–H and O–H groups in total. The molecule has 0 bridgehead atoms. The molecule has 1 amide bonds. The minimum Gasteiger partial charge on any atom is -0.350 e. The van der Waals surface area contributed by atoms with Gasteiger partial charge >= 0.3 is 0 Å². The standard InChI is InChI=1S/C20H31N3O/c1-16-8-4-7-13-23(16)15-18-10-3-2-9-17(18)14-22-19(24)20(21)11-5-6-12-20/h2-3,9-10,16H,4-8,11-15,21H2,1H3,(H,22,24). The van der Waals surface area contributed by atoms with Gasteiger partial charge in [0.25, 0.3) is 0 Å². The number of likely N-dealkylation sites (tertiary alicyclic amines) is 1. The van der Waals surface area contributed by atoms with Crippen LogP contribution in [0, 0.1) is 0 Å². The minimum absolute atomic E-state index is 0.0149. The summed E-state index contributed by atoms with van der Waals surface area (Å²) >= 11 is 0. The summed E-state index contributed by atoms with van der Waals surface area (Å²) in [5.74, 6) is 0.0149. The molecule has 0 spiro atoms. The van der Waals surface area contributed by atoms with Gasteiger partial charge < -0.3 is 11.1 Å². The van der Waals surface area contributed by atoms with Crippen molar-refractivity contribution < 1.29 is 4.79 Å². The maximum absolute atomic E-state index is 12.4. The molecule has 1 aromatic rings. The molecule has 2 aliphatic rings. The van der Waals surface area contributed by atoms with Crippen LogP contribution in [0.3, 0.4) is 0 Å². The third-order valence-corrected chi connectivity index (χ3v) is 5.82. The summed E-state index contributed by atoms with van der Waals surface area (Å²) in [6.45, 7) is 5.05. The summed E-state index contributed by atoms with van der Waals surface area (Å²) in [6, 6.07) is 9.11. The number of benzene rings is 1. The van der Waals surface area contributed by atoms with Crippen molar-refractivity contribution in [1.82, 2.24) is 10.2 Å². The van der Waals surface area contributed by atoms with E-state index in [-0.39, 0.29) is 5.91 Å². The molecule has 24 heavy (non-hydrogen) atoms. The number of nitrogens with zero attached hydrogens (tertiary/aromatic N) is 1. The topological polar surface area (TPSA) is 58.4 Å². The highest BCUT2D eigenvalue weighted by atomic mass is 16.2. The molecule has 1 aliphatic carbocycles. The molecule has 3 rings (SSSR count). The SMILES string of the molecule is CC1CCCCN1Cc1ccccc1CNC(=O)C1(N)CCCC1. The molecular weight excluding hydrogens is 298 g/mol. The van der Waals surface area contributed by atoms with Crippen molar-refractivity contribution in [1.29, 1.82) is 0 Å². The average Bonchev–Trinajstić information content (AvgIpc) is 3.04. The van der Waals surface area contributed by atoms with Crippen LogP contribution in [0.4, 0.5) is 0 Å². The first-order chi connectivity index (χ1) is 11.6. The van der Waals surface area contributed by atoms with E-state index >= 15 is 0 Å². The van der Waals surface area contributed by atoms with E-state index in [1.54, 1.807) is 0 Å². The Hall–Kier alpha value is -1.39. The predicted octanol–water partition coefficient (Wildman–Crippen LogP) is 2.95. The Morgan fingerprint density at radius 1 is 1.21 bits per heavy atom. The number of nitrogens with two attached hydrogens (primary N) is 1. The van der Waals surface area contributed by atoms with Gasteiger partial charge in [0.1, 0.15) is 0 Å². The molecule has 1 saturated carbocycles. The smallest absolute Gasteiger partial charge is 0.240 e. The Labute approximate surface area is 145 Å². The quantitative estimate of drug-likeness (QED) is 0.873. The number of carbonyl (C=O) groups excluding carboxylic acids is 1. The summed E-state index contributed by atoms with van der Waals surface area (Å²) in [5, 5.41) is 3.09. The van der Waals surface area contributed by atoms with Gasteiger partial charge in [0.2, 0.25) is 5.91 Å². The van der Waals surface area contributed by atoms with Gasteiger partial charge in [-0.1, -0.05) is 43.5 Å². The lowest BCUT2D eigenvalue weighted by Crippen LogP contribution is -2.51. The summed E-state index contributed by atoms with van der Waals surface area (Å²) < 4.78 is 0. The Morgan fingerprint density at radius 3 is 2.62 bits per heavy atom. The van der Waals surface area contributed by atoms with Crippen LogP contribution in [-0.2, 0) is 17.9 Å². The molecule has 0 aromatic heterocycles. The molecular formula is C20H31N3O. The number of hydrogen-bond acceptors (Lipinski definition) is 3. The highest BCUT2D eigenvalue weighted by Crippen LogP contribution is 2.27. The first kappa shape index (κ1) is 17.4. The number of hydrogen-bond donors (Lipinski definition) is 2. The van der Waals surface area contributed by atoms with E-state index in [2.05, 4.69) is 41.4 Å². The second kappa shape index (κ2) is 7.66. The molecule has 1 heterocycles. The van der Waals surface area contributed by atoms with Gasteiger partial charge in [0, 0.05) is 19.1 Å². The highest BCUT2D eigenvalue weighted by Gasteiger charge is 2.36. The normalized spacial score (nSPS) is 24.0. The first-order valence-electron chi connectivity index (χ1n) is 9.46. The summed E-state index contributed by atoms with van der Waals surface area (Å²) in [7, 11) is 0. The number of amides is 1. The van der Waals surface area contributed by atoms with E-state index in [1.165, 1.54) is 36.9 Å². The predicted molar refractivity (Wildman–Crippen MR) is 97.4 cm³/mol. The zero-order chi connectivity index (χ0) is 17.0. The maximum Gasteiger partial charge on any atom is 0.240 e. The van der Waals surface area contributed by atoms with E-state index in [4.69, 9.17) is 5.73 Å². The Bertz CT molecular complexity index is 566. The largest absolute Gasteiger partial charge is 0.350 e. The van der Waals surface area contributed by atoms with Crippen molar-refractivity contribution in [2.45, 2.75) is 76.5 Å². The van der Waals surface area contributed by atoms with Crippen LogP contribution < -0.4 is 11.1 Å². The molecule has 4 heteroatoms. The molecule has 4 nitrogen and oxygen atoms in total. The van der Waals surface area contributed by atoms with E-state index in [1.807, 2.05) is 0 Å². The van der Waals surface area contributed by atoms with Crippen molar-refractivity contribution in [3.63, 3.8) is 0 Å². The second-order valence-electron chi connectivity index (χ2n) is 7.63. The Morgan fingerprint density at radius 2 is 1.92 bits per heavy atom. The molecule has 1 atom stereocenters. The van der Waals surface area contributed by atoms with Crippen molar-refractivity contribution >= 4 is 5.91 Å². The number of carbonyl (C=O) groups is 1. The second-order valence-corrected chi connectivity index (χ2v) is 7.63. The molecule has 1 aliphatic heterocycles. The zero-order valence-electron chi connectivity index (χ0n) is 14.9. The lowest BCUT2D eigenvalue weighted by Gasteiger charge is -2.34. The fraction of sp³-hybridized carbons (Fsp3) is 0.650. The van der Waals surface area contributed by atoms with Crippen LogP contribution in [0.25, 0.3) is 0 Å². The van der Waals surface area contributed by atoms with Gasteiger partial charge in [-0.3, -0.25) is 9.69 Å². The minimum atomic E-state index is -0.643. The Kier molecular flexibility index (Phi) is 5.57. The monoisotopic (exact) mass is 329 g/mol. The van der Waals surface area contributed by atoms with Gasteiger partial charge in [0.15, 0.2) is 0 Å². The zero-order valence-corrected chi connectivity index (χ0v) is 14.9. The third kappa shape index (κ3) is 3.98. The summed E-state index contributed by atoms with van der Waals surface area (Å²) in [5.41, 5.74) is 8.15. The van der Waals surface area contributed by atoms with Gasteiger partial charge in [-0.25, -0.2) is 0 Å². The molecule has 1 unspecified atom stereocenters. The maximum atomic E-state index is 12.4. The van der Waals surface area contributed by atoms with Gasteiger partial charge in [0.05, 0.1) is 5.54 Å². The van der Waals surface area contributed by atoms with Crippen molar-refractivity contribution in [2.75, 3.05) is 6.54 Å². The lowest BCUT2D eigenvalue weighted by molar-refractivity contribution is -0.126. The molecule has 132 valence electrons.